The summed E-state index contributed by atoms with van der Waals surface area (Å²) in [5, 5.41) is 7.12. The molecule has 0 saturated heterocycles. The molecule has 0 radical (unpaired) electrons. The number of para-hydroxylation sites is 2. The molecule has 2 amide bonds. The predicted molar refractivity (Wildman–Crippen MR) is 206 cm³/mol. The van der Waals surface area contributed by atoms with Crippen molar-refractivity contribution >= 4 is 92.6 Å². The monoisotopic (exact) mass is 659 g/mol. The van der Waals surface area contributed by atoms with Crippen molar-refractivity contribution in [2.75, 3.05) is 4.90 Å². The molecular formula is C44H25N3O2S. The summed E-state index contributed by atoms with van der Waals surface area (Å²) in [6, 6.07) is 51.8. The van der Waals surface area contributed by atoms with Gasteiger partial charge in [0.2, 0.25) is 0 Å². The zero-order valence-electron chi connectivity index (χ0n) is 26.5. The van der Waals surface area contributed by atoms with Gasteiger partial charge in [-0.25, -0.2) is 4.90 Å². The molecule has 0 bridgehead atoms. The lowest BCUT2D eigenvalue weighted by Crippen LogP contribution is -2.29. The maximum absolute atomic E-state index is 13.5. The normalized spacial score (nSPS) is 13.2. The number of benzene rings is 7. The van der Waals surface area contributed by atoms with Crippen molar-refractivity contribution in [3.05, 3.63) is 163 Å². The molecule has 11 rings (SSSR count). The molecule has 4 heterocycles. The highest BCUT2D eigenvalue weighted by atomic mass is 32.1. The van der Waals surface area contributed by atoms with Crippen LogP contribution in [0.3, 0.4) is 0 Å². The van der Waals surface area contributed by atoms with E-state index in [0.29, 0.717) is 16.8 Å². The Morgan fingerprint density at radius 3 is 1.82 bits per heavy atom. The predicted octanol–water partition coefficient (Wildman–Crippen LogP) is 11.0. The molecule has 1 aliphatic rings. The van der Waals surface area contributed by atoms with Crippen LogP contribution >= 0.6 is 11.3 Å². The van der Waals surface area contributed by atoms with E-state index in [0.717, 1.165) is 55.0 Å². The van der Waals surface area contributed by atoms with Crippen LogP contribution in [0.1, 0.15) is 20.7 Å². The molecule has 50 heavy (non-hydrogen) atoms. The fourth-order valence-corrected chi connectivity index (χ4v) is 9.19. The van der Waals surface area contributed by atoms with Crippen molar-refractivity contribution in [3.8, 4) is 11.4 Å². The second-order valence-electron chi connectivity index (χ2n) is 12.9. The summed E-state index contributed by atoms with van der Waals surface area (Å²) in [7, 11) is 0. The average Bonchev–Trinajstić information content (AvgIpc) is 3.88. The molecule has 0 spiro atoms. The van der Waals surface area contributed by atoms with Crippen molar-refractivity contribution in [1.29, 1.82) is 0 Å². The van der Waals surface area contributed by atoms with E-state index in [2.05, 4.69) is 118 Å². The van der Waals surface area contributed by atoms with Crippen LogP contribution in [0.5, 0.6) is 0 Å². The Balaban J connectivity index is 1.20. The maximum Gasteiger partial charge on any atom is 0.266 e. The largest absolute Gasteiger partial charge is 0.309 e. The smallest absolute Gasteiger partial charge is 0.266 e. The van der Waals surface area contributed by atoms with Crippen molar-refractivity contribution in [2.45, 2.75) is 0 Å². The molecule has 5 nitrogen and oxygen atoms in total. The topological polar surface area (TPSA) is 47.2 Å². The number of fused-ring (bicyclic) bond motifs is 11. The molecule has 6 heteroatoms. The zero-order chi connectivity index (χ0) is 33.1. The summed E-state index contributed by atoms with van der Waals surface area (Å²) in [5.74, 6) is -0.600. The van der Waals surface area contributed by atoms with Crippen molar-refractivity contribution in [2.24, 2.45) is 0 Å². The number of thiophene rings is 1. The first-order valence-electron chi connectivity index (χ1n) is 16.6. The van der Waals surface area contributed by atoms with Crippen LogP contribution in [-0.4, -0.2) is 20.9 Å². The van der Waals surface area contributed by atoms with Gasteiger partial charge < -0.3 is 9.13 Å². The van der Waals surface area contributed by atoms with E-state index >= 15 is 0 Å². The maximum atomic E-state index is 13.5. The Morgan fingerprint density at radius 2 is 1.02 bits per heavy atom. The lowest BCUT2D eigenvalue weighted by molar-refractivity contribution is 0.0926. The second-order valence-corrected chi connectivity index (χ2v) is 13.9. The Hall–Kier alpha value is -6.50. The Bertz CT molecular complexity index is 3070. The highest BCUT2D eigenvalue weighted by Gasteiger charge is 2.36. The number of carbonyl (C=O) groups excluding carboxylic acids is 2. The number of aromatic nitrogens is 2. The van der Waals surface area contributed by atoms with E-state index < -0.39 is 0 Å². The van der Waals surface area contributed by atoms with Gasteiger partial charge in [0.15, 0.2) is 0 Å². The van der Waals surface area contributed by atoms with Gasteiger partial charge in [-0.1, -0.05) is 78.9 Å². The number of rotatable bonds is 3. The van der Waals surface area contributed by atoms with Crippen molar-refractivity contribution < 1.29 is 9.59 Å². The van der Waals surface area contributed by atoms with Gasteiger partial charge in [-0.05, 0) is 72.8 Å². The summed E-state index contributed by atoms with van der Waals surface area (Å²) < 4.78 is 7.24. The third kappa shape index (κ3) is 3.60. The minimum absolute atomic E-state index is 0.300. The van der Waals surface area contributed by atoms with E-state index in [-0.39, 0.29) is 11.8 Å². The molecule has 7 aromatic carbocycles. The summed E-state index contributed by atoms with van der Waals surface area (Å²) in [6.45, 7) is 0. The number of amides is 2. The van der Waals surface area contributed by atoms with Gasteiger partial charge in [0.25, 0.3) is 11.8 Å². The highest BCUT2D eigenvalue weighted by Crippen LogP contribution is 2.43. The van der Waals surface area contributed by atoms with E-state index in [1.807, 2.05) is 29.5 Å². The van der Waals surface area contributed by atoms with E-state index in [1.165, 1.54) is 25.1 Å². The first-order chi connectivity index (χ1) is 24.7. The van der Waals surface area contributed by atoms with Crippen LogP contribution < -0.4 is 4.90 Å². The number of hydrogen-bond donors (Lipinski definition) is 0. The summed E-state index contributed by atoms with van der Waals surface area (Å²) in [6.07, 6.45) is 0. The van der Waals surface area contributed by atoms with E-state index in [9.17, 15) is 9.59 Å². The van der Waals surface area contributed by atoms with Gasteiger partial charge in [-0.3, -0.25) is 9.59 Å². The minimum Gasteiger partial charge on any atom is -0.309 e. The molecular weight excluding hydrogens is 635 g/mol. The van der Waals surface area contributed by atoms with Gasteiger partial charge in [-0.2, -0.15) is 0 Å². The van der Waals surface area contributed by atoms with Crippen LogP contribution in [0.15, 0.2) is 152 Å². The number of hydrogen-bond acceptors (Lipinski definition) is 3. The molecule has 1 aliphatic heterocycles. The SMILES string of the molecule is O=C1c2ccccc2C(=O)N1c1cccc(-n2c3ccccc3c3ccc4c(c5ccccc5n4-c4ccc5sc6ccccc6c5c4)c32)c1. The van der Waals surface area contributed by atoms with Crippen molar-refractivity contribution in [3.63, 3.8) is 0 Å². The van der Waals surface area contributed by atoms with E-state index in [1.54, 1.807) is 24.3 Å². The van der Waals surface area contributed by atoms with E-state index in [4.69, 9.17) is 0 Å². The molecule has 0 atom stereocenters. The fraction of sp³-hybridized carbons (Fsp3) is 0. The van der Waals surface area contributed by atoms with Gasteiger partial charge in [0, 0.05) is 53.1 Å². The molecule has 0 N–H and O–H groups in total. The zero-order valence-corrected chi connectivity index (χ0v) is 27.3. The van der Waals surface area contributed by atoms with Crippen molar-refractivity contribution in [1.82, 2.24) is 9.13 Å². The second kappa shape index (κ2) is 10.0. The van der Waals surface area contributed by atoms with Gasteiger partial charge >= 0.3 is 0 Å². The lowest BCUT2D eigenvalue weighted by Gasteiger charge is -2.16. The summed E-state index contributed by atoms with van der Waals surface area (Å²) in [5.41, 5.74) is 7.78. The molecule has 234 valence electrons. The summed E-state index contributed by atoms with van der Waals surface area (Å²) >= 11 is 1.83. The standard InChI is InChI=1S/C44H25N3O2S/c48-43-32-14-1-2-15-33(32)44(49)47(43)27-11-9-10-26(24-27)46-36-17-6-3-12-29(36)31-21-22-38-41(42(31)46)34-16-4-7-18-37(34)45(38)28-20-23-40-35(25-28)30-13-5-8-19-39(30)50-40/h1-25H. The molecule has 0 aliphatic carbocycles. The Kier molecular flexibility index (Phi) is 5.50. The number of nitrogens with zero attached hydrogens (tertiary/aromatic N) is 3. The van der Waals surface area contributed by atoms with Crippen LogP contribution in [0.25, 0.3) is 75.2 Å². The molecule has 0 saturated carbocycles. The molecule has 3 aromatic heterocycles. The van der Waals surface area contributed by atoms with Crippen LogP contribution in [0, 0.1) is 0 Å². The third-order valence-corrected chi connectivity index (χ3v) is 11.4. The number of imide groups is 1. The van der Waals surface area contributed by atoms with Gasteiger partial charge in [0.1, 0.15) is 0 Å². The first kappa shape index (κ1) is 27.5. The van der Waals surface area contributed by atoms with Crippen LogP contribution in [0.2, 0.25) is 0 Å². The number of carbonyl (C=O) groups is 2. The van der Waals surface area contributed by atoms with Gasteiger partial charge in [-0.15, -0.1) is 11.3 Å². The molecule has 0 fully saturated rings. The Labute approximate surface area is 289 Å². The quantitative estimate of drug-likeness (QED) is 0.177. The fourth-order valence-electron chi connectivity index (χ4n) is 8.10. The summed E-state index contributed by atoms with van der Waals surface area (Å²) in [4.78, 5) is 28.3. The van der Waals surface area contributed by atoms with Gasteiger partial charge in [0.05, 0.1) is 38.9 Å². The third-order valence-electron chi connectivity index (χ3n) is 10.2. The first-order valence-corrected chi connectivity index (χ1v) is 17.4. The Morgan fingerprint density at radius 1 is 0.400 bits per heavy atom. The number of anilines is 1. The lowest BCUT2D eigenvalue weighted by atomic mass is 10.1. The highest BCUT2D eigenvalue weighted by molar-refractivity contribution is 7.25. The minimum atomic E-state index is -0.300. The van der Waals surface area contributed by atoms with Crippen LogP contribution in [-0.2, 0) is 0 Å². The molecule has 0 unspecified atom stereocenters. The molecule has 10 aromatic rings. The van der Waals surface area contributed by atoms with Crippen LogP contribution in [0.4, 0.5) is 5.69 Å². The average molecular weight is 660 g/mol.